The maximum Gasteiger partial charge on any atom is 0.417 e. The van der Waals surface area contributed by atoms with Crippen LogP contribution in [0.5, 0.6) is 0 Å². The molecule has 0 unspecified atom stereocenters. The lowest BCUT2D eigenvalue weighted by molar-refractivity contribution is -0.142. The van der Waals surface area contributed by atoms with E-state index in [4.69, 9.17) is 0 Å². The summed E-state index contributed by atoms with van der Waals surface area (Å²) >= 11 is 0. The number of halogens is 10. The third-order valence-corrected chi connectivity index (χ3v) is 7.86. The fourth-order valence-corrected chi connectivity index (χ4v) is 5.80. The van der Waals surface area contributed by atoms with Crippen molar-refractivity contribution in [1.29, 1.82) is 0 Å². The molecule has 0 atom stereocenters. The largest absolute Gasteiger partial charge is 0.417 e. The van der Waals surface area contributed by atoms with Gasteiger partial charge in [-0.2, -0.15) is 26.3 Å². The first kappa shape index (κ1) is 30.2. The van der Waals surface area contributed by atoms with Crippen molar-refractivity contribution in [3.8, 4) is 28.2 Å². The molecule has 5 aromatic carbocycles. The number of para-hydroxylation sites is 2. The van der Waals surface area contributed by atoms with Crippen LogP contribution in [0.15, 0.2) is 91.0 Å². The summed E-state index contributed by atoms with van der Waals surface area (Å²) in [5.74, 6) is -8.69. The Morgan fingerprint density at radius 3 is 1.77 bits per heavy atom. The van der Waals surface area contributed by atoms with E-state index >= 15 is 8.78 Å². The van der Waals surface area contributed by atoms with Gasteiger partial charge in [0.05, 0.1) is 32.9 Å². The Morgan fingerprint density at radius 1 is 0.511 bits per heavy atom. The average Bonchev–Trinajstić information content (AvgIpc) is 3.38. The number of alkyl halides is 6. The molecule has 236 valence electrons. The molecule has 47 heavy (non-hydrogen) atoms. The topological polar surface area (TPSA) is 30.7 Å². The zero-order chi connectivity index (χ0) is 33.4. The zero-order valence-electron chi connectivity index (χ0n) is 23.3. The average molecular weight is 655 g/mol. The molecule has 2 aromatic heterocycles. The summed E-state index contributed by atoms with van der Waals surface area (Å²) < 4.78 is 145. The van der Waals surface area contributed by atoms with Gasteiger partial charge in [0.25, 0.3) is 0 Å². The lowest BCUT2D eigenvalue weighted by Gasteiger charge is -2.18. The summed E-state index contributed by atoms with van der Waals surface area (Å²) in [7, 11) is 0. The van der Waals surface area contributed by atoms with Crippen LogP contribution in [0.3, 0.4) is 0 Å². The molecule has 3 nitrogen and oxygen atoms in total. The molecule has 7 rings (SSSR count). The summed E-state index contributed by atoms with van der Waals surface area (Å²) in [4.78, 5) is 0. The Bertz CT molecular complexity index is 2380. The van der Waals surface area contributed by atoms with Crippen LogP contribution >= 0.6 is 0 Å². The van der Waals surface area contributed by atoms with Crippen LogP contribution in [0.1, 0.15) is 11.1 Å². The van der Waals surface area contributed by atoms with Crippen molar-refractivity contribution in [3.05, 3.63) is 125 Å². The molecule has 2 heterocycles. The van der Waals surface area contributed by atoms with Crippen molar-refractivity contribution in [2.45, 2.75) is 12.4 Å². The van der Waals surface area contributed by atoms with Crippen LogP contribution in [0.4, 0.5) is 43.9 Å². The van der Waals surface area contributed by atoms with E-state index in [0.29, 0.717) is 17.0 Å². The van der Waals surface area contributed by atoms with Crippen molar-refractivity contribution >= 4 is 32.6 Å². The van der Waals surface area contributed by atoms with Crippen LogP contribution in [0.25, 0.3) is 60.8 Å². The van der Waals surface area contributed by atoms with Crippen LogP contribution in [0.2, 0.25) is 0 Å². The highest BCUT2D eigenvalue weighted by atomic mass is 19.4. The summed E-state index contributed by atoms with van der Waals surface area (Å²) in [5, 5.41) is 6.74. The molecule has 13 heteroatoms. The smallest absolute Gasteiger partial charge is 0.309 e. The van der Waals surface area contributed by atoms with Gasteiger partial charge < -0.3 is 4.57 Å². The van der Waals surface area contributed by atoms with Gasteiger partial charge in [0.2, 0.25) is 0 Å². The number of nitrogens with zero attached hydrogens (tertiary/aromatic N) is 3. The second kappa shape index (κ2) is 10.5. The Morgan fingerprint density at radius 2 is 1.11 bits per heavy atom. The maximum absolute atomic E-state index is 15.6. The molecule has 0 amide bonds. The van der Waals surface area contributed by atoms with Crippen LogP contribution in [-0.4, -0.2) is 14.8 Å². The van der Waals surface area contributed by atoms with Crippen molar-refractivity contribution in [3.63, 3.8) is 0 Å². The predicted octanol–water partition coefficient (Wildman–Crippen LogP) is 10.7. The minimum atomic E-state index is -5.45. The van der Waals surface area contributed by atoms with Gasteiger partial charge >= 0.3 is 12.4 Å². The number of hydrogen-bond acceptors (Lipinski definition) is 2. The Hall–Kier alpha value is -5.46. The molecule has 0 aliphatic carbocycles. The summed E-state index contributed by atoms with van der Waals surface area (Å²) in [5.41, 5.74) is -4.43. The van der Waals surface area contributed by atoms with Gasteiger partial charge in [-0.3, -0.25) is 0 Å². The minimum absolute atomic E-state index is 0.00862. The van der Waals surface area contributed by atoms with E-state index in [-0.39, 0.29) is 17.7 Å². The minimum Gasteiger partial charge on any atom is -0.309 e. The van der Waals surface area contributed by atoms with Crippen molar-refractivity contribution in [1.82, 2.24) is 14.8 Å². The molecule has 0 saturated heterocycles. The quantitative estimate of drug-likeness (QED) is 0.108. The number of hydrogen-bond donors (Lipinski definition) is 0. The zero-order valence-corrected chi connectivity index (χ0v) is 23.3. The van der Waals surface area contributed by atoms with Gasteiger partial charge in [0.1, 0.15) is 11.4 Å². The molecule has 0 aliphatic heterocycles. The fraction of sp³-hybridized carbons (Fsp3) is 0.0588. The molecule has 0 spiro atoms. The van der Waals surface area contributed by atoms with E-state index in [0.717, 1.165) is 16.6 Å². The van der Waals surface area contributed by atoms with Gasteiger partial charge in [-0.1, -0.05) is 54.6 Å². The van der Waals surface area contributed by atoms with Crippen molar-refractivity contribution < 1.29 is 43.9 Å². The fourth-order valence-electron chi connectivity index (χ4n) is 5.80. The van der Waals surface area contributed by atoms with E-state index in [1.165, 1.54) is 12.1 Å². The van der Waals surface area contributed by atoms with Crippen LogP contribution < -0.4 is 0 Å². The molecule has 0 N–H and O–H groups in total. The van der Waals surface area contributed by atoms with Crippen molar-refractivity contribution in [2.24, 2.45) is 0 Å². The molecular formula is C34H15F10N3. The molecular weight excluding hydrogens is 640 g/mol. The predicted molar refractivity (Wildman–Crippen MR) is 155 cm³/mol. The monoisotopic (exact) mass is 655 g/mol. The lowest BCUT2D eigenvalue weighted by Crippen LogP contribution is -2.13. The van der Waals surface area contributed by atoms with E-state index in [9.17, 15) is 35.1 Å². The molecule has 0 radical (unpaired) electrons. The van der Waals surface area contributed by atoms with Gasteiger partial charge in [0.15, 0.2) is 23.3 Å². The van der Waals surface area contributed by atoms with E-state index < -0.39 is 74.5 Å². The Labute approximate surface area is 257 Å². The number of benzene rings is 5. The third kappa shape index (κ3) is 4.75. The van der Waals surface area contributed by atoms with E-state index in [1.54, 1.807) is 24.3 Å². The van der Waals surface area contributed by atoms with E-state index in [1.807, 2.05) is 41.0 Å². The van der Waals surface area contributed by atoms with Gasteiger partial charge in [0, 0.05) is 27.6 Å². The highest BCUT2D eigenvalue weighted by Crippen LogP contribution is 2.45. The molecule has 0 saturated carbocycles. The molecule has 0 aliphatic rings. The molecule has 0 bridgehead atoms. The highest BCUT2D eigenvalue weighted by molar-refractivity contribution is 6.11. The second-order valence-electron chi connectivity index (χ2n) is 10.6. The standard InChI is InChI=1S/C34H15F10N3/c35-27-25-26(28(36)30(38)29(27)37)32(21-13-11-17(33(39,40)41)15-22(21)34(42,43)44)46-45-31(25)16-10-12-20-19-8-4-5-9-23(19)47(24(20)14-16)18-6-2-1-3-7-18/h1-15H. The van der Waals surface area contributed by atoms with E-state index in [2.05, 4.69) is 10.2 Å². The summed E-state index contributed by atoms with van der Waals surface area (Å²) in [6.45, 7) is 0. The first-order valence-electron chi connectivity index (χ1n) is 13.7. The van der Waals surface area contributed by atoms with Crippen LogP contribution in [0, 0.1) is 23.3 Å². The lowest BCUT2D eigenvalue weighted by atomic mass is 9.94. The van der Waals surface area contributed by atoms with Crippen molar-refractivity contribution in [2.75, 3.05) is 0 Å². The Kier molecular flexibility index (Phi) is 6.78. The maximum atomic E-state index is 15.6. The SMILES string of the molecule is Fc1c(F)c(F)c2c(-c3ccc(C(F)(F)F)cc3C(F)(F)F)nnc(-c3ccc4c5ccccc5n(-c5ccccc5)c4c3)c2c1F. The molecule has 7 aromatic rings. The first-order chi connectivity index (χ1) is 22.3. The van der Waals surface area contributed by atoms with Gasteiger partial charge in [-0.25, -0.2) is 17.6 Å². The normalized spacial score (nSPS) is 12.5. The Balaban J connectivity index is 1.56. The van der Waals surface area contributed by atoms with Gasteiger partial charge in [-0.15, -0.1) is 10.2 Å². The number of aromatic nitrogens is 3. The number of fused-ring (bicyclic) bond motifs is 4. The summed E-state index contributed by atoms with van der Waals surface area (Å²) in [6.07, 6.45) is -10.6. The number of rotatable bonds is 3. The highest BCUT2D eigenvalue weighted by Gasteiger charge is 2.40. The van der Waals surface area contributed by atoms with Gasteiger partial charge in [-0.05, 0) is 36.4 Å². The van der Waals surface area contributed by atoms with Crippen LogP contribution in [-0.2, 0) is 12.4 Å². The second-order valence-corrected chi connectivity index (χ2v) is 10.6. The summed E-state index contributed by atoms with van der Waals surface area (Å²) in [6, 6.07) is 21.3. The third-order valence-electron chi connectivity index (χ3n) is 7.86. The first-order valence-corrected chi connectivity index (χ1v) is 13.7. The molecule has 0 fully saturated rings.